The molecule has 9 heteroatoms. The number of aromatic nitrogens is 3. The predicted octanol–water partition coefficient (Wildman–Crippen LogP) is 1.66. The van der Waals surface area contributed by atoms with E-state index in [1.54, 1.807) is 0 Å². The van der Waals surface area contributed by atoms with E-state index in [2.05, 4.69) is 15.6 Å². The molecule has 1 aromatic heterocycles. The van der Waals surface area contributed by atoms with Crippen LogP contribution in [0, 0.1) is 0 Å². The maximum absolute atomic E-state index is 13.0. The van der Waals surface area contributed by atoms with E-state index in [1.807, 2.05) is 0 Å². The molecule has 0 bridgehead atoms. The van der Waals surface area contributed by atoms with E-state index >= 15 is 0 Å². The summed E-state index contributed by atoms with van der Waals surface area (Å²) >= 11 is 0. The molecule has 2 heterocycles. The van der Waals surface area contributed by atoms with Gasteiger partial charge >= 0.3 is 12.1 Å². The van der Waals surface area contributed by atoms with Crippen LogP contribution in [-0.2, 0) is 6.54 Å². The van der Waals surface area contributed by atoms with Gasteiger partial charge < -0.3 is 5.32 Å². The summed E-state index contributed by atoms with van der Waals surface area (Å²) < 4.78 is 63.5. The zero-order valence-corrected chi connectivity index (χ0v) is 7.80. The quantitative estimate of drug-likeness (QED) is 0.761. The van der Waals surface area contributed by atoms with E-state index in [9.17, 15) is 22.0 Å². The highest BCUT2D eigenvalue weighted by Gasteiger charge is 2.62. The largest absolute Gasteiger partial charge is 0.455 e. The maximum atomic E-state index is 13.0. The van der Waals surface area contributed by atoms with Crippen molar-refractivity contribution in [3.8, 4) is 0 Å². The van der Waals surface area contributed by atoms with Crippen molar-refractivity contribution < 1.29 is 22.0 Å². The van der Waals surface area contributed by atoms with E-state index in [4.69, 9.17) is 0 Å². The first-order valence-electron chi connectivity index (χ1n) is 4.42. The molecule has 4 nitrogen and oxygen atoms in total. The molecule has 2 rings (SSSR count). The second kappa shape index (κ2) is 3.29. The lowest BCUT2D eigenvalue weighted by molar-refractivity contribution is -0.288. The first kappa shape index (κ1) is 11.1. The van der Waals surface area contributed by atoms with Crippen molar-refractivity contribution in [2.45, 2.75) is 31.1 Å². The lowest BCUT2D eigenvalue weighted by atomic mass is 10.0. The van der Waals surface area contributed by atoms with Crippen molar-refractivity contribution >= 4 is 5.82 Å². The smallest absolute Gasteiger partial charge is 0.360 e. The van der Waals surface area contributed by atoms with Crippen molar-refractivity contribution in [2.24, 2.45) is 0 Å². The minimum Gasteiger partial charge on any atom is -0.360 e. The van der Waals surface area contributed by atoms with E-state index < -0.39 is 18.1 Å². The second-order valence-corrected chi connectivity index (χ2v) is 3.45. The molecule has 90 valence electrons. The third-order valence-corrected chi connectivity index (χ3v) is 2.38. The Morgan fingerprint density at radius 2 is 2.00 bits per heavy atom. The highest BCUT2D eigenvalue weighted by atomic mass is 19.4. The van der Waals surface area contributed by atoms with Gasteiger partial charge in [-0.1, -0.05) is 5.21 Å². The van der Waals surface area contributed by atoms with Gasteiger partial charge in [0.1, 0.15) is 11.9 Å². The van der Waals surface area contributed by atoms with E-state index in [-0.39, 0.29) is 18.8 Å². The SMILES string of the molecule is FC(F)(F)C(F)(F)C1CCn2nncc2N1. The van der Waals surface area contributed by atoms with Gasteiger partial charge in [-0.2, -0.15) is 22.0 Å². The van der Waals surface area contributed by atoms with Gasteiger partial charge in [-0.05, 0) is 6.42 Å². The van der Waals surface area contributed by atoms with Crippen LogP contribution in [-0.4, -0.2) is 33.1 Å². The summed E-state index contributed by atoms with van der Waals surface area (Å²) in [7, 11) is 0. The van der Waals surface area contributed by atoms with Crippen LogP contribution in [0.3, 0.4) is 0 Å². The zero-order chi connectivity index (χ0) is 12.0. The standard InChI is InChI=1S/C7H7F5N4/c8-6(9,7(10,11)12)4-1-2-16-5(14-4)3-13-15-16/h3-4,14H,1-2H2. The molecule has 0 saturated carbocycles. The number of nitrogens with one attached hydrogen (secondary N) is 1. The first-order chi connectivity index (χ1) is 7.32. The molecule has 1 aliphatic heterocycles. The molecule has 0 aliphatic carbocycles. The molecule has 1 N–H and O–H groups in total. The molecular weight excluding hydrogens is 235 g/mol. The monoisotopic (exact) mass is 242 g/mol. The zero-order valence-electron chi connectivity index (χ0n) is 7.80. The summed E-state index contributed by atoms with van der Waals surface area (Å²) in [6, 6.07) is -1.97. The van der Waals surface area contributed by atoms with Gasteiger partial charge in [0, 0.05) is 6.54 Å². The van der Waals surface area contributed by atoms with Crippen LogP contribution in [0.15, 0.2) is 6.20 Å². The Labute approximate surface area is 86.4 Å². The third kappa shape index (κ3) is 1.59. The molecule has 0 aromatic carbocycles. The van der Waals surface area contributed by atoms with Crippen LogP contribution in [0.25, 0.3) is 0 Å². The third-order valence-electron chi connectivity index (χ3n) is 2.38. The van der Waals surface area contributed by atoms with Gasteiger partial charge in [-0.15, -0.1) is 5.10 Å². The Kier molecular flexibility index (Phi) is 2.28. The number of rotatable bonds is 1. The fraction of sp³-hybridized carbons (Fsp3) is 0.714. The molecular formula is C7H7F5N4. The number of halogens is 5. The number of nitrogens with zero attached hydrogens (tertiary/aromatic N) is 3. The highest BCUT2D eigenvalue weighted by Crippen LogP contribution is 2.41. The summed E-state index contributed by atoms with van der Waals surface area (Å²) in [6.07, 6.45) is -4.80. The minimum atomic E-state index is -5.56. The Morgan fingerprint density at radius 3 is 2.62 bits per heavy atom. The topological polar surface area (TPSA) is 42.7 Å². The van der Waals surface area contributed by atoms with Crippen LogP contribution in [0.4, 0.5) is 27.8 Å². The van der Waals surface area contributed by atoms with Gasteiger partial charge in [0.15, 0.2) is 0 Å². The molecule has 1 aliphatic rings. The Balaban J connectivity index is 2.20. The molecule has 0 radical (unpaired) electrons. The van der Waals surface area contributed by atoms with Crippen molar-refractivity contribution in [3.05, 3.63) is 6.20 Å². The Bertz CT molecular complexity index is 384. The molecule has 1 unspecified atom stereocenters. The van der Waals surface area contributed by atoms with Crippen molar-refractivity contribution in [3.63, 3.8) is 0 Å². The first-order valence-corrected chi connectivity index (χ1v) is 4.42. The summed E-state index contributed by atoms with van der Waals surface area (Å²) in [5.74, 6) is -4.69. The number of aryl methyl sites for hydroxylation is 1. The second-order valence-electron chi connectivity index (χ2n) is 3.45. The van der Waals surface area contributed by atoms with Gasteiger partial charge in [-0.25, -0.2) is 4.68 Å². The average molecular weight is 242 g/mol. The highest BCUT2D eigenvalue weighted by molar-refractivity contribution is 5.35. The summed E-state index contributed by atoms with van der Waals surface area (Å²) in [4.78, 5) is 0. The molecule has 0 amide bonds. The number of hydrogen-bond acceptors (Lipinski definition) is 3. The molecule has 1 aromatic rings. The molecule has 0 fully saturated rings. The Morgan fingerprint density at radius 1 is 1.31 bits per heavy atom. The summed E-state index contributed by atoms with van der Waals surface area (Å²) in [5.41, 5.74) is 0. The van der Waals surface area contributed by atoms with Crippen LogP contribution in [0.2, 0.25) is 0 Å². The number of anilines is 1. The molecule has 16 heavy (non-hydrogen) atoms. The molecule has 0 spiro atoms. The van der Waals surface area contributed by atoms with Gasteiger partial charge in [-0.3, -0.25) is 0 Å². The van der Waals surface area contributed by atoms with Crippen LogP contribution >= 0.6 is 0 Å². The van der Waals surface area contributed by atoms with E-state index in [0.717, 1.165) is 6.20 Å². The van der Waals surface area contributed by atoms with Crippen molar-refractivity contribution in [1.82, 2.24) is 15.0 Å². The lowest BCUT2D eigenvalue weighted by Gasteiger charge is -2.32. The average Bonchev–Trinajstić information content (AvgIpc) is 2.61. The minimum absolute atomic E-state index is 0.0152. The lowest BCUT2D eigenvalue weighted by Crippen LogP contribution is -2.52. The Hall–Kier alpha value is -1.41. The fourth-order valence-corrected chi connectivity index (χ4v) is 1.51. The maximum Gasteiger partial charge on any atom is 0.455 e. The summed E-state index contributed by atoms with van der Waals surface area (Å²) in [5, 5.41) is 9.01. The van der Waals surface area contributed by atoms with E-state index in [0.29, 0.717) is 0 Å². The van der Waals surface area contributed by atoms with Crippen LogP contribution < -0.4 is 5.32 Å². The van der Waals surface area contributed by atoms with E-state index in [1.165, 1.54) is 4.68 Å². The normalized spacial score (nSPS) is 21.4. The fourth-order valence-electron chi connectivity index (χ4n) is 1.51. The number of alkyl halides is 5. The number of hydrogen-bond donors (Lipinski definition) is 1. The summed E-state index contributed by atoms with van der Waals surface area (Å²) in [6.45, 7) is -0.0152. The van der Waals surface area contributed by atoms with Gasteiger partial charge in [0.05, 0.1) is 6.20 Å². The van der Waals surface area contributed by atoms with Crippen molar-refractivity contribution in [2.75, 3.05) is 5.32 Å². The van der Waals surface area contributed by atoms with Gasteiger partial charge in [0.25, 0.3) is 0 Å². The van der Waals surface area contributed by atoms with Gasteiger partial charge in [0.2, 0.25) is 0 Å². The predicted molar refractivity (Wildman–Crippen MR) is 43.1 cm³/mol. The van der Waals surface area contributed by atoms with Crippen LogP contribution in [0.1, 0.15) is 6.42 Å². The molecule has 1 atom stereocenters. The van der Waals surface area contributed by atoms with Crippen LogP contribution in [0.5, 0.6) is 0 Å². The van der Waals surface area contributed by atoms with Crippen molar-refractivity contribution in [1.29, 1.82) is 0 Å². The molecule has 0 saturated heterocycles. The number of fused-ring (bicyclic) bond motifs is 1.